The summed E-state index contributed by atoms with van der Waals surface area (Å²) in [5.41, 5.74) is 2.77. The number of hydrogen-bond acceptors (Lipinski definition) is 8. The van der Waals surface area contributed by atoms with Crippen LogP contribution in [0.4, 0.5) is 4.39 Å². The second-order valence-electron chi connectivity index (χ2n) is 5.44. The van der Waals surface area contributed by atoms with E-state index in [2.05, 4.69) is 20.2 Å². The number of hydrogen-bond donors (Lipinski definition) is 0. The van der Waals surface area contributed by atoms with E-state index in [0.29, 0.717) is 23.3 Å². The summed E-state index contributed by atoms with van der Waals surface area (Å²) in [7, 11) is 0. The van der Waals surface area contributed by atoms with E-state index in [1.165, 1.54) is 35.2 Å². The lowest BCUT2D eigenvalue weighted by molar-refractivity contribution is 0.419. The summed E-state index contributed by atoms with van der Waals surface area (Å²) >= 11 is 4.58. The van der Waals surface area contributed by atoms with E-state index in [9.17, 15) is 4.39 Å². The molecule has 0 atom stereocenters. The van der Waals surface area contributed by atoms with Crippen LogP contribution in [0.25, 0.3) is 10.6 Å². The van der Waals surface area contributed by atoms with Gasteiger partial charge in [0.1, 0.15) is 10.8 Å². The van der Waals surface area contributed by atoms with E-state index in [4.69, 9.17) is 4.42 Å². The van der Waals surface area contributed by atoms with Crippen molar-refractivity contribution in [2.45, 2.75) is 24.3 Å². The van der Waals surface area contributed by atoms with Gasteiger partial charge < -0.3 is 4.42 Å². The molecule has 1 aromatic carbocycles. The number of nitrogens with zero attached hydrogens (tertiary/aromatic N) is 4. The van der Waals surface area contributed by atoms with Crippen molar-refractivity contribution in [3.05, 3.63) is 63.1 Å². The molecule has 26 heavy (non-hydrogen) atoms. The molecule has 0 saturated carbocycles. The Labute approximate surface area is 161 Å². The predicted molar refractivity (Wildman–Crippen MR) is 101 cm³/mol. The number of rotatable bonds is 6. The van der Waals surface area contributed by atoms with Crippen molar-refractivity contribution >= 4 is 34.4 Å². The van der Waals surface area contributed by atoms with Gasteiger partial charge in [0.25, 0.3) is 5.22 Å². The largest absolute Gasteiger partial charge is 0.416 e. The average molecular weight is 405 g/mol. The maximum Gasteiger partial charge on any atom is 0.276 e. The van der Waals surface area contributed by atoms with Crippen LogP contribution in [0.5, 0.6) is 0 Å². The molecule has 4 rings (SSSR count). The molecule has 0 aliphatic heterocycles. The highest BCUT2D eigenvalue weighted by Crippen LogP contribution is 2.28. The Morgan fingerprint density at radius 2 is 1.85 bits per heavy atom. The van der Waals surface area contributed by atoms with Crippen molar-refractivity contribution in [2.75, 3.05) is 0 Å². The van der Waals surface area contributed by atoms with Gasteiger partial charge in [-0.3, -0.25) is 0 Å². The van der Waals surface area contributed by atoms with Crippen LogP contribution >= 0.6 is 34.4 Å². The summed E-state index contributed by atoms with van der Waals surface area (Å²) in [6.07, 6.45) is 0.545. The molecule has 4 aromatic rings. The fourth-order valence-corrected chi connectivity index (χ4v) is 4.46. The van der Waals surface area contributed by atoms with Gasteiger partial charge in [-0.2, -0.15) is 0 Å². The molecule has 5 nitrogen and oxygen atoms in total. The molecular weight excluding hydrogens is 391 g/mol. The second-order valence-corrected chi connectivity index (χ2v) is 8.28. The number of benzene rings is 1. The van der Waals surface area contributed by atoms with Gasteiger partial charge in [0.05, 0.1) is 22.8 Å². The first-order chi connectivity index (χ1) is 12.7. The molecule has 0 radical (unpaired) electrons. The Kier molecular flexibility index (Phi) is 5.09. The van der Waals surface area contributed by atoms with Crippen LogP contribution in [0.15, 0.2) is 44.7 Å². The number of aryl methyl sites for hydroxylation is 1. The van der Waals surface area contributed by atoms with Crippen molar-refractivity contribution in [3.63, 3.8) is 0 Å². The minimum absolute atomic E-state index is 0.249. The fourth-order valence-electron chi connectivity index (χ4n) is 2.25. The quantitative estimate of drug-likeness (QED) is 0.422. The fraction of sp³-hybridized carbons (Fsp3) is 0.176. The van der Waals surface area contributed by atoms with Crippen molar-refractivity contribution in [1.29, 1.82) is 0 Å². The van der Waals surface area contributed by atoms with Crippen molar-refractivity contribution in [2.24, 2.45) is 0 Å². The van der Waals surface area contributed by atoms with Gasteiger partial charge in [-0.15, -0.1) is 32.9 Å². The average Bonchev–Trinajstić information content (AvgIpc) is 3.36. The lowest BCUT2D eigenvalue weighted by Gasteiger charge is -1.95. The zero-order valence-corrected chi connectivity index (χ0v) is 16.1. The highest BCUT2D eigenvalue weighted by atomic mass is 32.2. The number of thioether (sulfide) groups is 1. The van der Waals surface area contributed by atoms with E-state index in [0.717, 1.165) is 27.0 Å². The number of thiazole rings is 2. The first-order valence-corrected chi connectivity index (χ1v) is 10.5. The molecule has 0 fully saturated rings. The molecule has 0 bridgehead atoms. The third-order valence-electron chi connectivity index (χ3n) is 3.43. The van der Waals surface area contributed by atoms with Gasteiger partial charge in [0.15, 0.2) is 0 Å². The van der Waals surface area contributed by atoms with Gasteiger partial charge >= 0.3 is 0 Å². The van der Waals surface area contributed by atoms with Crippen molar-refractivity contribution in [3.8, 4) is 10.6 Å². The molecule has 3 aromatic heterocycles. The number of aromatic nitrogens is 4. The maximum atomic E-state index is 13.0. The molecule has 9 heteroatoms. The Morgan fingerprint density at radius 3 is 2.62 bits per heavy atom. The third kappa shape index (κ3) is 4.17. The molecule has 0 amide bonds. The summed E-state index contributed by atoms with van der Waals surface area (Å²) in [4.78, 5) is 8.98. The Balaban J connectivity index is 1.36. The zero-order chi connectivity index (χ0) is 17.9. The van der Waals surface area contributed by atoms with E-state index in [-0.39, 0.29) is 5.82 Å². The minimum Gasteiger partial charge on any atom is -0.416 e. The predicted octanol–water partition coefficient (Wildman–Crippen LogP) is 4.98. The summed E-state index contributed by atoms with van der Waals surface area (Å²) < 4.78 is 18.7. The standard InChI is InChI=1S/C17H13FN4OS3/c1-10-19-13(7-24-10)6-15-21-22-17(23-15)26-9-14-8-25-16(20-14)11-2-4-12(18)5-3-11/h2-5,7-8H,6,9H2,1H3. The van der Waals surface area contributed by atoms with Gasteiger partial charge in [0.2, 0.25) is 5.89 Å². The first kappa shape index (κ1) is 17.3. The maximum absolute atomic E-state index is 13.0. The monoisotopic (exact) mass is 404 g/mol. The van der Waals surface area contributed by atoms with Crippen LogP contribution in [0.3, 0.4) is 0 Å². The minimum atomic E-state index is -0.249. The number of halogens is 1. The van der Waals surface area contributed by atoms with E-state index in [1.54, 1.807) is 23.5 Å². The highest BCUT2D eigenvalue weighted by Gasteiger charge is 2.11. The van der Waals surface area contributed by atoms with Crippen LogP contribution in [0.1, 0.15) is 22.3 Å². The first-order valence-electron chi connectivity index (χ1n) is 7.72. The lowest BCUT2D eigenvalue weighted by atomic mass is 10.2. The SMILES string of the molecule is Cc1nc(Cc2nnc(SCc3csc(-c4ccc(F)cc4)n3)o2)cs1. The summed E-state index contributed by atoms with van der Waals surface area (Å²) in [6, 6.07) is 6.34. The molecule has 3 heterocycles. The molecular formula is C17H13FN4OS3. The summed E-state index contributed by atoms with van der Waals surface area (Å²) in [5.74, 6) is 0.943. The van der Waals surface area contributed by atoms with Crippen molar-refractivity contribution in [1.82, 2.24) is 20.2 Å². The van der Waals surface area contributed by atoms with Crippen LogP contribution < -0.4 is 0 Å². The van der Waals surface area contributed by atoms with Crippen LogP contribution in [0.2, 0.25) is 0 Å². The van der Waals surface area contributed by atoms with E-state index >= 15 is 0 Å². The van der Waals surface area contributed by atoms with Gasteiger partial charge in [-0.1, -0.05) is 11.8 Å². The molecule has 0 spiro atoms. The molecule has 0 aliphatic rings. The summed E-state index contributed by atoms with van der Waals surface area (Å²) in [6.45, 7) is 1.97. The second kappa shape index (κ2) is 7.65. The van der Waals surface area contributed by atoms with Gasteiger partial charge in [-0.05, 0) is 31.2 Å². The molecule has 0 N–H and O–H groups in total. The molecule has 0 unspecified atom stereocenters. The van der Waals surface area contributed by atoms with E-state index in [1.807, 2.05) is 17.7 Å². The normalized spacial score (nSPS) is 11.2. The Hall–Kier alpha value is -2.10. The topological polar surface area (TPSA) is 64.7 Å². The summed E-state index contributed by atoms with van der Waals surface area (Å²) in [5, 5.41) is 14.5. The van der Waals surface area contributed by atoms with Crippen LogP contribution in [-0.2, 0) is 12.2 Å². The third-order valence-corrected chi connectivity index (χ3v) is 6.05. The highest BCUT2D eigenvalue weighted by molar-refractivity contribution is 7.98. The smallest absolute Gasteiger partial charge is 0.276 e. The molecule has 0 saturated heterocycles. The van der Waals surface area contributed by atoms with Crippen molar-refractivity contribution < 1.29 is 8.81 Å². The lowest BCUT2D eigenvalue weighted by Crippen LogP contribution is -1.88. The molecule has 132 valence electrons. The molecule has 0 aliphatic carbocycles. The van der Waals surface area contributed by atoms with Crippen LogP contribution in [-0.4, -0.2) is 20.2 Å². The van der Waals surface area contributed by atoms with E-state index < -0.39 is 0 Å². The Bertz CT molecular complexity index is 1010. The zero-order valence-electron chi connectivity index (χ0n) is 13.7. The van der Waals surface area contributed by atoms with Gasteiger partial charge in [-0.25, -0.2) is 14.4 Å². The van der Waals surface area contributed by atoms with Gasteiger partial charge in [0, 0.05) is 22.1 Å². The van der Waals surface area contributed by atoms with Crippen LogP contribution in [0, 0.1) is 12.7 Å². The Morgan fingerprint density at radius 1 is 1.04 bits per heavy atom.